The number of imidazole rings is 1. The van der Waals surface area contributed by atoms with Crippen molar-refractivity contribution >= 4 is 15.7 Å². The predicted octanol–water partition coefficient (Wildman–Crippen LogP) is 3.01. The van der Waals surface area contributed by atoms with Gasteiger partial charge in [-0.15, -0.1) is 0 Å². The van der Waals surface area contributed by atoms with Crippen LogP contribution >= 0.6 is 0 Å². The third-order valence-corrected chi connectivity index (χ3v) is 5.47. The molecular formula is C19H21N3O5S. The van der Waals surface area contributed by atoms with E-state index < -0.39 is 10.0 Å². The number of anilines is 1. The molecule has 2 aromatic carbocycles. The van der Waals surface area contributed by atoms with Gasteiger partial charge in [0, 0.05) is 18.3 Å². The molecule has 1 aromatic heterocycles. The van der Waals surface area contributed by atoms with Gasteiger partial charge in [0.25, 0.3) is 10.0 Å². The summed E-state index contributed by atoms with van der Waals surface area (Å²) in [7, 11) is 0.627. The molecule has 1 N–H and O–H groups in total. The quantitative estimate of drug-likeness (QED) is 0.652. The zero-order chi connectivity index (χ0) is 20.3. The summed E-state index contributed by atoms with van der Waals surface area (Å²) in [6, 6.07) is 9.42. The zero-order valence-electron chi connectivity index (χ0n) is 16.0. The fourth-order valence-electron chi connectivity index (χ4n) is 2.71. The Morgan fingerprint density at radius 1 is 0.929 bits per heavy atom. The van der Waals surface area contributed by atoms with Crippen molar-refractivity contribution in [2.24, 2.45) is 0 Å². The molecule has 148 valence electrons. The van der Waals surface area contributed by atoms with Crippen LogP contribution in [-0.4, -0.2) is 39.3 Å². The first-order valence-corrected chi connectivity index (χ1v) is 9.80. The number of hydrogen-bond acceptors (Lipinski definition) is 6. The van der Waals surface area contributed by atoms with Crippen LogP contribution in [0.3, 0.4) is 0 Å². The molecule has 28 heavy (non-hydrogen) atoms. The van der Waals surface area contributed by atoms with Crippen molar-refractivity contribution in [1.82, 2.24) is 9.55 Å². The van der Waals surface area contributed by atoms with Crippen LogP contribution in [0.2, 0.25) is 0 Å². The number of aromatic nitrogens is 2. The minimum Gasteiger partial charge on any atom is -0.494 e. The van der Waals surface area contributed by atoms with E-state index in [-0.39, 0.29) is 4.90 Å². The lowest BCUT2D eigenvalue weighted by Gasteiger charge is -2.14. The van der Waals surface area contributed by atoms with Gasteiger partial charge >= 0.3 is 0 Å². The van der Waals surface area contributed by atoms with Gasteiger partial charge in [0.05, 0.1) is 49.6 Å². The first kappa shape index (κ1) is 19.6. The van der Waals surface area contributed by atoms with E-state index in [0.717, 1.165) is 11.4 Å². The van der Waals surface area contributed by atoms with Crippen molar-refractivity contribution < 1.29 is 22.6 Å². The smallest absolute Gasteiger partial charge is 0.262 e. The monoisotopic (exact) mass is 403 g/mol. The minimum absolute atomic E-state index is 0.0541. The topological polar surface area (TPSA) is 91.7 Å². The number of nitrogens with one attached hydrogen (secondary N) is 1. The molecule has 0 fully saturated rings. The number of benzene rings is 2. The predicted molar refractivity (Wildman–Crippen MR) is 105 cm³/mol. The second-order valence-electron chi connectivity index (χ2n) is 5.93. The molecular weight excluding hydrogens is 382 g/mol. The largest absolute Gasteiger partial charge is 0.494 e. The summed E-state index contributed by atoms with van der Waals surface area (Å²) < 4.78 is 45.6. The number of nitrogens with zero attached hydrogens (tertiary/aromatic N) is 2. The van der Waals surface area contributed by atoms with Gasteiger partial charge in [-0.1, -0.05) is 0 Å². The molecule has 0 aliphatic rings. The second-order valence-corrected chi connectivity index (χ2v) is 7.61. The lowest BCUT2D eigenvalue weighted by Crippen LogP contribution is -2.13. The van der Waals surface area contributed by atoms with Crippen LogP contribution in [0.15, 0.2) is 53.8 Å². The minimum atomic E-state index is -3.83. The van der Waals surface area contributed by atoms with E-state index in [0.29, 0.717) is 22.9 Å². The van der Waals surface area contributed by atoms with Gasteiger partial charge in [0.15, 0.2) is 11.5 Å². The molecule has 0 saturated carbocycles. The van der Waals surface area contributed by atoms with E-state index in [2.05, 4.69) is 9.71 Å². The van der Waals surface area contributed by atoms with Crippen molar-refractivity contribution in [1.29, 1.82) is 0 Å². The Morgan fingerprint density at radius 3 is 2.25 bits per heavy atom. The summed E-state index contributed by atoms with van der Waals surface area (Å²) in [5.74, 6) is 1.28. The molecule has 0 unspecified atom stereocenters. The van der Waals surface area contributed by atoms with E-state index in [4.69, 9.17) is 14.2 Å². The van der Waals surface area contributed by atoms with Gasteiger partial charge in [-0.05, 0) is 31.2 Å². The van der Waals surface area contributed by atoms with Crippen LogP contribution in [0.1, 0.15) is 5.69 Å². The second kappa shape index (κ2) is 7.81. The highest BCUT2D eigenvalue weighted by atomic mass is 32.2. The molecule has 0 atom stereocenters. The molecule has 3 rings (SSSR count). The molecule has 9 heteroatoms. The molecule has 3 aromatic rings. The average molecular weight is 403 g/mol. The number of hydrogen-bond donors (Lipinski definition) is 1. The fourth-order valence-corrected chi connectivity index (χ4v) is 3.77. The van der Waals surface area contributed by atoms with Gasteiger partial charge in [0.2, 0.25) is 0 Å². The van der Waals surface area contributed by atoms with E-state index in [1.165, 1.54) is 33.5 Å². The van der Waals surface area contributed by atoms with Crippen LogP contribution < -0.4 is 18.9 Å². The molecule has 0 aliphatic carbocycles. The van der Waals surface area contributed by atoms with Crippen LogP contribution in [0.4, 0.5) is 5.69 Å². The van der Waals surface area contributed by atoms with E-state index >= 15 is 0 Å². The fraction of sp³-hybridized carbons (Fsp3) is 0.211. The maximum absolute atomic E-state index is 12.8. The summed E-state index contributed by atoms with van der Waals surface area (Å²) in [5.41, 5.74) is 1.98. The van der Waals surface area contributed by atoms with E-state index in [1.807, 2.05) is 13.1 Å². The number of aryl methyl sites for hydroxylation is 1. The normalized spacial score (nSPS) is 11.1. The molecule has 1 heterocycles. The van der Waals surface area contributed by atoms with Crippen molar-refractivity contribution in [3.63, 3.8) is 0 Å². The van der Waals surface area contributed by atoms with E-state index in [9.17, 15) is 8.42 Å². The van der Waals surface area contributed by atoms with Crippen molar-refractivity contribution in [3.8, 4) is 22.9 Å². The summed E-state index contributed by atoms with van der Waals surface area (Å²) in [6.07, 6.45) is 3.52. The van der Waals surface area contributed by atoms with Gasteiger partial charge in [-0.25, -0.2) is 13.4 Å². The maximum atomic E-state index is 12.8. The Balaban J connectivity index is 1.92. The van der Waals surface area contributed by atoms with Crippen LogP contribution in [0.5, 0.6) is 17.2 Å². The van der Waals surface area contributed by atoms with Gasteiger partial charge in [-0.3, -0.25) is 4.72 Å². The van der Waals surface area contributed by atoms with Crippen LogP contribution in [-0.2, 0) is 10.0 Å². The van der Waals surface area contributed by atoms with Crippen molar-refractivity contribution in [2.75, 3.05) is 26.1 Å². The highest BCUT2D eigenvalue weighted by molar-refractivity contribution is 7.92. The molecule has 0 radical (unpaired) electrons. The number of rotatable bonds is 7. The summed E-state index contributed by atoms with van der Waals surface area (Å²) in [4.78, 5) is 4.25. The van der Waals surface area contributed by atoms with Gasteiger partial charge < -0.3 is 18.8 Å². The number of methoxy groups -OCH3 is 3. The lowest BCUT2D eigenvalue weighted by atomic mass is 10.2. The first-order valence-electron chi connectivity index (χ1n) is 8.32. The number of sulfonamides is 1. The highest BCUT2D eigenvalue weighted by Gasteiger charge is 2.18. The first-order chi connectivity index (χ1) is 13.4. The summed E-state index contributed by atoms with van der Waals surface area (Å²) >= 11 is 0. The Hall–Kier alpha value is -3.20. The maximum Gasteiger partial charge on any atom is 0.262 e. The van der Waals surface area contributed by atoms with Gasteiger partial charge in [0.1, 0.15) is 5.75 Å². The number of ether oxygens (including phenoxy) is 3. The molecule has 0 amide bonds. The summed E-state index contributed by atoms with van der Waals surface area (Å²) in [5, 5.41) is 0. The molecule has 8 nitrogen and oxygen atoms in total. The van der Waals surface area contributed by atoms with Gasteiger partial charge in [-0.2, -0.15) is 0 Å². The molecule has 0 saturated heterocycles. The third-order valence-electron chi connectivity index (χ3n) is 4.09. The van der Waals surface area contributed by atoms with Crippen LogP contribution in [0, 0.1) is 6.92 Å². The zero-order valence-corrected chi connectivity index (χ0v) is 16.8. The Labute approximate surface area is 163 Å². The highest BCUT2D eigenvalue weighted by Crippen LogP contribution is 2.31. The third kappa shape index (κ3) is 3.89. The van der Waals surface area contributed by atoms with Crippen molar-refractivity contribution in [3.05, 3.63) is 54.6 Å². The SMILES string of the molecule is COc1ccc(S(=O)(=O)Nc2ccc(-n3cnc(C)c3)c(OC)c2)cc1OC. The average Bonchev–Trinajstić information content (AvgIpc) is 3.13. The van der Waals surface area contributed by atoms with Crippen LogP contribution in [0.25, 0.3) is 5.69 Å². The Morgan fingerprint density at radius 2 is 1.64 bits per heavy atom. The Bertz CT molecular complexity index is 1090. The molecule has 0 spiro atoms. The molecule has 0 aliphatic heterocycles. The van der Waals surface area contributed by atoms with E-state index in [1.54, 1.807) is 35.2 Å². The standard InChI is InChI=1S/C19H21N3O5S/c1-13-11-22(12-20-13)16-7-5-14(9-18(16)26-3)21-28(23,24)15-6-8-17(25-2)19(10-15)27-4/h5-12,21H,1-4H3. The summed E-state index contributed by atoms with van der Waals surface area (Å²) in [6.45, 7) is 1.88. The lowest BCUT2D eigenvalue weighted by molar-refractivity contribution is 0.354. The van der Waals surface area contributed by atoms with Crippen molar-refractivity contribution in [2.45, 2.75) is 11.8 Å². The Kier molecular flexibility index (Phi) is 5.46. The molecule has 0 bridgehead atoms.